The zero-order valence-electron chi connectivity index (χ0n) is 19.6. The molecule has 1 aliphatic rings. The fourth-order valence-electron chi connectivity index (χ4n) is 4.53. The summed E-state index contributed by atoms with van der Waals surface area (Å²) in [6.45, 7) is 4.43. The normalized spacial score (nSPS) is 13.6. The first-order chi connectivity index (χ1) is 17.1. The Bertz CT molecular complexity index is 1470. The van der Waals surface area contributed by atoms with Crippen LogP contribution in [0.1, 0.15) is 22.6 Å². The van der Waals surface area contributed by atoms with Gasteiger partial charge in [0, 0.05) is 60.8 Å². The fourth-order valence-corrected chi connectivity index (χ4v) is 4.53. The van der Waals surface area contributed by atoms with Crippen LogP contribution >= 0.6 is 0 Å². The van der Waals surface area contributed by atoms with E-state index < -0.39 is 0 Å². The van der Waals surface area contributed by atoms with Crippen LogP contribution in [0.15, 0.2) is 83.5 Å². The monoisotopic (exact) mass is 462 g/mol. The number of nitrogen functional groups attached to an aromatic ring is 1. The van der Waals surface area contributed by atoms with Gasteiger partial charge >= 0.3 is 0 Å². The van der Waals surface area contributed by atoms with E-state index in [4.69, 9.17) is 20.2 Å². The SMILES string of the molecule is Cc1ccc(-c2nn(-c3ccccc3)cc2CN2CCc3nc(-c4ccc(N)cc4)ncc3C2)o1. The summed E-state index contributed by atoms with van der Waals surface area (Å²) in [7, 11) is 0. The molecule has 2 aromatic carbocycles. The van der Waals surface area contributed by atoms with Crippen molar-refractivity contribution in [2.75, 3.05) is 12.3 Å². The van der Waals surface area contributed by atoms with Gasteiger partial charge in [-0.25, -0.2) is 14.6 Å². The number of aryl methyl sites for hydroxylation is 1. The Morgan fingerprint density at radius 2 is 1.83 bits per heavy atom. The van der Waals surface area contributed by atoms with Gasteiger partial charge in [0.25, 0.3) is 0 Å². The first-order valence-corrected chi connectivity index (χ1v) is 11.8. The molecule has 0 bridgehead atoms. The smallest absolute Gasteiger partial charge is 0.159 e. The van der Waals surface area contributed by atoms with Crippen molar-refractivity contribution in [3.63, 3.8) is 0 Å². The molecular weight excluding hydrogens is 436 g/mol. The summed E-state index contributed by atoms with van der Waals surface area (Å²) in [5.74, 6) is 2.42. The van der Waals surface area contributed by atoms with Crippen LogP contribution in [0, 0.1) is 6.92 Å². The maximum absolute atomic E-state index is 5.95. The highest BCUT2D eigenvalue weighted by atomic mass is 16.3. The highest BCUT2D eigenvalue weighted by molar-refractivity contribution is 5.59. The molecule has 0 unspecified atom stereocenters. The number of para-hydroxylation sites is 1. The summed E-state index contributed by atoms with van der Waals surface area (Å²) < 4.78 is 7.88. The van der Waals surface area contributed by atoms with Gasteiger partial charge in [-0.2, -0.15) is 5.10 Å². The van der Waals surface area contributed by atoms with E-state index in [0.717, 1.165) is 77.3 Å². The maximum Gasteiger partial charge on any atom is 0.159 e. The molecule has 4 heterocycles. The largest absolute Gasteiger partial charge is 0.460 e. The van der Waals surface area contributed by atoms with Crippen molar-refractivity contribution in [3.05, 3.63) is 102 Å². The third-order valence-electron chi connectivity index (χ3n) is 6.36. The summed E-state index contributed by atoms with van der Waals surface area (Å²) in [5.41, 5.74) is 12.9. The van der Waals surface area contributed by atoms with Gasteiger partial charge in [-0.15, -0.1) is 0 Å². The first kappa shape index (κ1) is 21.3. The summed E-state index contributed by atoms with van der Waals surface area (Å²) in [5, 5.41) is 4.89. The predicted molar refractivity (Wildman–Crippen MR) is 136 cm³/mol. The molecular formula is C28H26N6O. The lowest BCUT2D eigenvalue weighted by atomic mass is 10.1. The van der Waals surface area contributed by atoms with Crippen LogP contribution in [0.4, 0.5) is 5.69 Å². The Morgan fingerprint density at radius 1 is 1.00 bits per heavy atom. The molecule has 6 rings (SSSR count). The van der Waals surface area contributed by atoms with Crippen molar-refractivity contribution >= 4 is 5.69 Å². The minimum Gasteiger partial charge on any atom is -0.460 e. The average Bonchev–Trinajstić information content (AvgIpc) is 3.51. The second-order valence-corrected chi connectivity index (χ2v) is 8.94. The highest BCUT2D eigenvalue weighted by Gasteiger charge is 2.22. The van der Waals surface area contributed by atoms with Crippen molar-refractivity contribution in [3.8, 4) is 28.5 Å². The number of nitrogens with two attached hydrogens (primary N) is 1. The lowest BCUT2D eigenvalue weighted by Crippen LogP contribution is -2.31. The van der Waals surface area contributed by atoms with Gasteiger partial charge in [-0.05, 0) is 55.5 Å². The van der Waals surface area contributed by atoms with Gasteiger partial charge in [0.1, 0.15) is 11.5 Å². The molecule has 0 radical (unpaired) electrons. The van der Waals surface area contributed by atoms with Gasteiger partial charge in [0.2, 0.25) is 0 Å². The number of rotatable bonds is 5. The third kappa shape index (κ3) is 4.34. The Balaban J connectivity index is 1.26. The van der Waals surface area contributed by atoms with E-state index in [9.17, 15) is 0 Å². The first-order valence-electron chi connectivity index (χ1n) is 11.8. The van der Waals surface area contributed by atoms with E-state index in [-0.39, 0.29) is 0 Å². The number of hydrogen-bond donors (Lipinski definition) is 1. The van der Waals surface area contributed by atoms with Gasteiger partial charge in [-0.3, -0.25) is 4.90 Å². The van der Waals surface area contributed by atoms with E-state index in [1.54, 1.807) is 0 Å². The van der Waals surface area contributed by atoms with Crippen molar-refractivity contribution < 1.29 is 4.42 Å². The molecule has 0 saturated heterocycles. The van der Waals surface area contributed by atoms with Crippen LogP contribution in [0.2, 0.25) is 0 Å². The highest BCUT2D eigenvalue weighted by Crippen LogP contribution is 2.29. The lowest BCUT2D eigenvalue weighted by Gasteiger charge is -2.27. The van der Waals surface area contributed by atoms with Crippen molar-refractivity contribution in [2.45, 2.75) is 26.4 Å². The lowest BCUT2D eigenvalue weighted by molar-refractivity contribution is 0.243. The van der Waals surface area contributed by atoms with Gasteiger partial charge < -0.3 is 10.2 Å². The summed E-state index contributed by atoms with van der Waals surface area (Å²) >= 11 is 0. The molecule has 0 amide bonds. The van der Waals surface area contributed by atoms with E-state index in [0.29, 0.717) is 0 Å². The molecule has 7 nitrogen and oxygen atoms in total. The number of nitrogens with zero attached hydrogens (tertiary/aromatic N) is 5. The zero-order valence-corrected chi connectivity index (χ0v) is 19.6. The molecule has 0 fully saturated rings. The minimum atomic E-state index is 0.738. The van der Waals surface area contributed by atoms with Crippen LogP contribution in [0.3, 0.4) is 0 Å². The van der Waals surface area contributed by atoms with Crippen molar-refractivity contribution in [1.82, 2.24) is 24.6 Å². The average molecular weight is 463 g/mol. The van der Waals surface area contributed by atoms with Crippen molar-refractivity contribution in [2.24, 2.45) is 0 Å². The topological polar surface area (TPSA) is 86.0 Å². The van der Waals surface area contributed by atoms with E-state index in [2.05, 4.69) is 28.2 Å². The molecule has 35 heavy (non-hydrogen) atoms. The Hall–Kier alpha value is -4.23. The Labute approximate surface area is 203 Å². The van der Waals surface area contributed by atoms with Crippen LogP contribution in [0.25, 0.3) is 28.5 Å². The second-order valence-electron chi connectivity index (χ2n) is 8.94. The molecule has 5 aromatic rings. The van der Waals surface area contributed by atoms with Crippen molar-refractivity contribution in [1.29, 1.82) is 0 Å². The molecule has 7 heteroatoms. The van der Waals surface area contributed by atoms with Crippen LogP contribution in [0.5, 0.6) is 0 Å². The number of anilines is 1. The molecule has 0 aliphatic carbocycles. The molecule has 0 saturated carbocycles. The number of aromatic nitrogens is 4. The third-order valence-corrected chi connectivity index (χ3v) is 6.36. The molecule has 2 N–H and O–H groups in total. The second kappa shape index (κ2) is 8.85. The molecule has 0 atom stereocenters. The van der Waals surface area contributed by atoms with Crippen LogP contribution in [-0.4, -0.2) is 31.2 Å². The summed E-state index contributed by atoms with van der Waals surface area (Å²) in [6.07, 6.45) is 4.95. The zero-order chi connectivity index (χ0) is 23.8. The summed E-state index contributed by atoms with van der Waals surface area (Å²) in [4.78, 5) is 11.9. The van der Waals surface area contributed by atoms with E-state index >= 15 is 0 Å². The van der Waals surface area contributed by atoms with Gasteiger partial charge in [-0.1, -0.05) is 18.2 Å². The van der Waals surface area contributed by atoms with E-state index in [1.807, 2.05) is 72.4 Å². The van der Waals surface area contributed by atoms with E-state index in [1.165, 1.54) is 5.56 Å². The molecule has 1 aliphatic heterocycles. The fraction of sp³-hybridized carbons (Fsp3) is 0.179. The number of hydrogen-bond acceptors (Lipinski definition) is 6. The standard InChI is InChI=1S/C28H26N6O/c1-19-7-12-26(35-19)27-22(18-34(32-27)24-5-3-2-4-6-24)17-33-14-13-25-21(16-33)15-30-28(31-25)20-8-10-23(29)11-9-20/h2-12,15,18H,13-14,16-17,29H2,1H3. The minimum absolute atomic E-state index is 0.738. The molecule has 3 aromatic heterocycles. The maximum atomic E-state index is 5.95. The van der Waals surface area contributed by atoms with Gasteiger partial charge in [0.15, 0.2) is 11.6 Å². The molecule has 0 spiro atoms. The number of benzene rings is 2. The Kier molecular flexibility index (Phi) is 5.39. The molecule has 174 valence electrons. The van der Waals surface area contributed by atoms with Gasteiger partial charge in [0.05, 0.1) is 11.4 Å². The Morgan fingerprint density at radius 3 is 2.60 bits per heavy atom. The van der Waals surface area contributed by atoms with Crippen LogP contribution < -0.4 is 5.73 Å². The quantitative estimate of drug-likeness (QED) is 0.368. The number of fused-ring (bicyclic) bond motifs is 1. The summed E-state index contributed by atoms with van der Waals surface area (Å²) in [6, 6.07) is 21.8. The predicted octanol–water partition coefficient (Wildman–Crippen LogP) is 5.04. The van der Waals surface area contributed by atoms with Crippen LogP contribution in [-0.2, 0) is 19.5 Å². The number of furan rings is 1.